The van der Waals surface area contributed by atoms with Crippen molar-refractivity contribution in [1.29, 1.82) is 0 Å². The van der Waals surface area contributed by atoms with Gasteiger partial charge in [0.25, 0.3) is 5.69 Å². The van der Waals surface area contributed by atoms with Crippen LogP contribution in [-0.4, -0.2) is 27.2 Å². The zero-order chi connectivity index (χ0) is 16.8. The number of ether oxygens (including phenoxy) is 1. The quantitative estimate of drug-likeness (QED) is 0.686. The van der Waals surface area contributed by atoms with Crippen molar-refractivity contribution < 1.29 is 9.66 Å². The molecule has 0 saturated carbocycles. The Morgan fingerprint density at radius 1 is 1.30 bits per heavy atom. The molecule has 0 aliphatic carbocycles. The molecule has 1 saturated heterocycles. The summed E-state index contributed by atoms with van der Waals surface area (Å²) in [7, 11) is 0. The first-order valence-electron chi connectivity index (χ1n) is 7.68. The number of non-ortho nitro benzene ring substituents is 1. The number of nitro benzene ring substituents is 1. The molecule has 2 aromatic rings. The van der Waals surface area contributed by atoms with E-state index in [-0.39, 0.29) is 27.9 Å². The van der Waals surface area contributed by atoms with E-state index in [1.165, 1.54) is 6.07 Å². The molecule has 0 amide bonds. The number of anilines is 1. The molecule has 0 radical (unpaired) electrons. The molecule has 1 atom stereocenters. The van der Waals surface area contributed by atoms with Crippen LogP contribution in [0.1, 0.15) is 34.1 Å². The van der Waals surface area contributed by atoms with Crippen molar-refractivity contribution >= 4 is 22.3 Å². The van der Waals surface area contributed by atoms with Crippen molar-refractivity contribution in [3.05, 3.63) is 40.6 Å². The van der Waals surface area contributed by atoms with Gasteiger partial charge in [-0.1, -0.05) is 0 Å². The van der Waals surface area contributed by atoms with E-state index in [1.54, 1.807) is 24.4 Å². The van der Waals surface area contributed by atoms with Gasteiger partial charge in [0.2, 0.25) is 0 Å². The molecular weight excluding hydrogens is 294 g/mol. The molecule has 1 N–H and O–H groups in total. The number of hydrogen-bond acceptors (Lipinski definition) is 5. The summed E-state index contributed by atoms with van der Waals surface area (Å²) in [6, 6.07) is 6.80. The molecule has 2 heterocycles. The summed E-state index contributed by atoms with van der Waals surface area (Å²) in [5.74, 6) is 0. The molecular formula is C17H21N3O3. The van der Waals surface area contributed by atoms with Crippen LogP contribution in [0.4, 0.5) is 11.4 Å². The first-order valence-corrected chi connectivity index (χ1v) is 7.68. The Morgan fingerprint density at radius 2 is 2.04 bits per heavy atom. The molecule has 0 bridgehead atoms. The Balaban J connectivity index is 2.02. The molecule has 6 nitrogen and oxygen atoms in total. The van der Waals surface area contributed by atoms with Crippen LogP contribution >= 0.6 is 0 Å². The number of hydrogen-bond donors (Lipinski definition) is 1. The average molecular weight is 315 g/mol. The summed E-state index contributed by atoms with van der Waals surface area (Å²) in [5, 5.41) is 15.2. The minimum absolute atomic E-state index is 0.0703. The van der Waals surface area contributed by atoms with Crippen molar-refractivity contribution in [2.75, 3.05) is 5.32 Å². The largest absolute Gasteiger partial charge is 0.378 e. The summed E-state index contributed by atoms with van der Waals surface area (Å²) in [6.45, 7) is 8.26. The third-order valence-corrected chi connectivity index (χ3v) is 4.35. The maximum atomic E-state index is 11.2. The molecule has 1 aromatic carbocycles. The molecule has 3 rings (SSSR count). The lowest BCUT2D eigenvalue weighted by Crippen LogP contribution is -2.38. The summed E-state index contributed by atoms with van der Waals surface area (Å²) in [5.41, 5.74) is 0.950. The maximum Gasteiger partial charge on any atom is 0.278 e. The highest BCUT2D eigenvalue weighted by Gasteiger charge is 2.46. The van der Waals surface area contributed by atoms with Crippen molar-refractivity contribution in [3.63, 3.8) is 0 Å². The lowest BCUT2D eigenvalue weighted by atomic mass is 9.94. The van der Waals surface area contributed by atoms with E-state index in [1.807, 2.05) is 0 Å². The van der Waals surface area contributed by atoms with Crippen molar-refractivity contribution in [2.24, 2.45) is 0 Å². The molecule has 1 fully saturated rings. The highest BCUT2D eigenvalue weighted by molar-refractivity contribution is 5.96. The fourth-order valence-electron chi connectivity index (χ4n) is 3.41. The molecule has 6 heteroatoms. The maximum absolute atomic E-state index is 11.2. The normalized spacial score (nSPS) is 22.2. The second-order valence-electron chi connectivity index (χ2n) is 7.16. The summed E-state index contributed by atoms with van der Waals surface area (Å²) >= 11 is 0. The van der Waals surface area contributed by atoms with E-state index in [0.29, 0.717) is 10.9 Å². The minimum Gasteiger partial charge on any atom is -0.378 e. The highest BCUT2D eigenvalue weighted by Crippen LogP contribution is 2.40. The molecule has 1 aromatic heterocycles. The van der Waals surface area contributed by atoms with Crippen LogP contribution < -0.4 is 5.32 Å². The van der Waals surface area contributed by atoms with Gasteiger partial charge < -0.3 is 10.1 Å². The number of nitrogens with one attached hydrogen (secondary N) is 1. The highest BCUT2D eigenvalue weighted by atomic mass is 16.6. The Bertz CT molecular complexity index is 771. The van der Waals surface area contributed by atoms with E-state index >= 15 is 0 Å². The second-order valence-corrected chi connectivity index (χ2v) is 7.16. The monoisotopic (exact) mass is 315 g/mol. The topological polar surface area (TPSA) is 77.3 Å². The predicted octanol–water partition coefficient (Wildman–Crippen LogP) is 3.90. The van der Waals surface area contributed by atoms with E-state index in [4.69, 9.17) is 4.74 Å². The Kier molecular flexibility index (Phi) is 3.52. The van der Waals surface area contributed by atoms with Crippen LogP contribution in [-0.2, 0) is 4.74 Å². The zero-order valence-electron chi connectivity index (χ0n) is 13.8. The number of benzene rings is 1. The van der Waals surface area contributed by atoms with E-state index in [2.05, 4.69) is 38.0 Å². The van der Waals surface area contributed by atoms with Crippen LogP contribution in [0.2, 0.25) is 0 Å². The molecule has 0 spiro atoms. The van der Waals surface area contributed by atoms with Gasteiger partial charge in [0.15, 0.2) is 0 Å². The zero-order valence-corrected chi connectivity index (χ0v) is 13.8. The molecule has 122 valence electrons. The number of pyridine rings is 1. The van der Waals surface area contributed by atoms with Gasteiger partial charge in [-0.3, -0.25) is 15.1 Å². The number of aromatic nitrogens is 1. The van der Waals surface area contributed by atoms with Gasteiger partial charge in [0.05, 0.1) is 33.2 Å². The van der Waals surface area contributed by atoms with Gasteiger partial charge >= 0.3 is 0 Å². The van der Waals surface area contributed by atoms with Gasteiger partial charge in [-0.15, -0.1) is 0 Å². The van der Waals surface area contributed by atoms with Gasteiger partial charge in [-0.25, -0.2) is 0 Å². The molecule has 23 heavy (non-hydrogen) atoms. The minimum atomic E-state index is -0.375. The third-order valence-electron chi connectivity index (χ3n) is 4.35. The van der Waals surface area contributed by atoms with Gasteiger partial charge in [-0.2, -0.15) is 0 Å². The van der Waals surface area contributed by atoms with Crippen LogP contribution in [0, 0.1) is 10.1 Å². The van der Waals surface area contributed by atoms with Crippen molar-refractivity contribution in [3.8, 4) is 0 Å². The van der Waals surface area contributed by atoms with E-state index < -0.39 is 0 Å². The number of nitrogens with zero attached hydrogens (tertiary/aromatic N) is 2. The summed E-state index contributed by atoms with van der Waals surface area (Å²) in [4.78, 5) is 15.2. The van der Waals surface area contributed by atoms with E-state index in [0.717, 1.165) is 12.1 Å². The third kappa shape index (κ3) is 2.86. The molecule has 1 aliphatic rings. The van der Waals surface area contributed by atoms with Crippen LogP contribution in [0.25, 0.3) is 10.9 Å². The smallest absolute Gasteiger partial charge is 0.278 e. The van der Waals surface area contributed by atoms with Gasteiger partial charge in [0, 0.05) is 12.3 Å². The van der Waals surface area contributed by atoms with E-state index in [9.17, 15) is 10.1 Å². The SMILES string of the molecule is CC1(C)CC(Nc2ccc([N+](=O)[O-])c3cccnc23)C(C)(C)O1. The van der Waals surface area contributed by atoms with Gasteiger partial charge in [0.1, 0.15) is 5.52 Å². The summed E-state index contributed by atoms with van der Waals surface area (Å²) < 4.78 is 6.10. The second kappa shape index (κ2) is 5.16. The average Bonchev–Trinajstić information content (AvgIpc) is 2.66. The van der Waals surface area contributed by atoms with Crippen LogP contribution in [0.15, 0.2) is 30.5 Å². The summed E-state index contributed by atoms with van der Waals surface area (Å²) in [6.07, 6.45) is 2.50. The number of nitro groups is 1. The first-order chi connectivity index (χ1) is 10.7. The van der Waals surface area contributed by atoms with Crippen LogP contribution in [0.5, 0.6) is 0 Å². The first kappa shape index (κ1) is 15.7. The lowest BCUT2D eigenvalue weighted by Gasteiger charge is -2.28. The van der Waals surface area contributed by atoms with Crippen molar-refractivity contribution in [1.82, 2.24) is 4.98 Å². The molecule has 1 aliphatic heterocycles. The lowest BCUT2D eigenvalue weighted by molar-refractivity contribution is -0.383. The number of rotatable bonds is 3. The number of fused-ring (bicyclic) bond motifs is 1. The van der Waals surface area contributed by atoms with Crippen molar-refractivity contribution in [2.45, 2.75) is 51.4 Å². The predicted molar refractivity (Wildman–Crippen MR) is 89.7 cm³/mol. The Labute approximate surface area is 135 Å². The Hall–Kier alpha value is -2.21. The standard InChI is InChI=1S/C17H21N3O3/c1-16(2)10-14(17(3,4)23-16)19-12-7-8-13(20(21)22)11-6-5-9-18-15(11)12/h5-9,14,19H,10H2,1-4H3. The Morgan fingerprint density at radius 3 is 2.65 bits per heavy atom. The fraction of sp³-hybridized carbons (Fsp3) is 0.471. The van der Waals surface area contributed by atoms with Crippen LogP contribution in [0.3, 0.4) is 0 Å². The van der Waals surface area contributed by atoms with Gasteiger partial charge in [-0.05, 0) is 52.3 Å². The fourth-order valence-corrected chi connectivity index (χ4v) is 3.41. The molecule has 1 unspecified atom stereocenters.